The number of carbonyl (C=O) groups excluding carboxylic acids is 2. The van der Waals surface area contributed by atoms with E-state index in [-0.39, 0.29) is 46.0 Å². The molecule has 0 spiro atoms. The standard InChI is InChI=1S/C21H23NO5S.Na.H/c1-11-12(2)18(26-5)19(13(3)17(11)25-4)27-15-8-6-14(7-9-15)10-16-20(23)22-21(24)28-16;;/h6-9,16H,10H2,1-5H3,(H,22,23,24);;. The number of carbonyl (C=O) groups is 2. The van der Waals surface area contributed by atoms with Crippen LogP contribution in [0, 0.1) is 20.8 Å². The summed E-state index contributed by atoms with van der Waals surface area (Å²) in [5, 5.41) is 1.63. The van der Waals surface area contributed by atoms with E-state index >= 15 is 0 Å². The first-order valence-corrected chi connectivity index (χ1v) is 9.73. The quantitative estimate of drug-likeness (QED) is 0.712. The summed E-state index contributed by atoms with van der Waals surface area (Å²) in [5.74, 6) is 2.48. The number of hydrogen-bond donors (Lipinski definition) is 1. The van der Waals surface area contributed by atoms with Gasteiger partial charge in [0, 0.05) is 11.1 Å². The Bertz CT molecular complexity index is 930. The zero-order valence-electron chi connectivity index (χ0n) is 16.5. The van der Waals surface area contributed by atoms with Gasteiger partial charge in [-0.2, -0.15) is 0 Å². The molecule has 1 atom stereocenters. The summed E-state index contributed by atoms with van der Waals surface area (Å²) in [5.41, 5.74) is 3.80. The molecule has 0 radical (unpaired) electrons. The van der Waals surface area contributed by atoms with E-state index in [9.17, 15) is 9.59 Å². The Balaban J connectivity index is 0.00000300. The molecule has 150 valence electrons. The van der Waals surface area contributed by atoms with Gasteiger partial charge in [0.1, 0.15) is 11.5 Å². The van der Waals surface area contributed by atoms with Gasteiger partial charge in [-0.3, -0.25) is 14.9 Å². The maximum absolute atomic E-state index is 11.7. The van der Waals surface area contributed by atoms with Gasteiger partial charge < -0.3 is 14.2 Å². The summed E-state index contributed by atoms with van der Waals surface area (Å²) in [7, 11) is 3.26. The molecular formula is C21H24NNaO5S. The van der Waals surface area contributed by atoms with Crippen LogP contribution < -0.4 is 19.5 Å². The number of nitrogens with one attached hydrogen (secondary N) is 1. The average Bonchev–Trinajstić information content (AvgIpc) is 2.99. The molecule has 1 aliphatic heterocycles. The average molecular weight is 425 g/mol. The maximum atomic E-state index is 11.7. The zero-order valence-corrected chi connectivity index (χ0v) is 17.4. The van der Waals surface area contributed by atoms with Gasteiger partial charge in [0.15, 0.2) is 11.5 Å². The summed E-state index contributed by atoms with van der Waals surface area (Å²) < 4.78 is 17.3. The third-order valence-electron chi connectivity index (χ3n) is 4.87. The Kier molecular flexibility index (Phi) is 8.05. The van der Waals surface area contributed by atoms with Crippen LogP contribution in [-0.2, 0) is 11.2 Å². The van der Waals surface area contributed by atoms with E-state index in [0.717, 1.165) is 39.8 Å². The first-order valence-electron chi connectivity index (χ1n) is 8.85. The third-order valence-corrected chi connectivity index (χ3v) is 5.85. The predicted octanol–water partition coefficient (Wildman–Crippen LogP) is 3.67. The Morgan fingerprint density at radius 2 is 1.48 bits per heavy atom. The molecule has 0 saturated carbocycles. The second kappa shape index (κ2) is 9.89. The molecule has 2 aromatic carbocycles. The fourth-order valence-electron chi connectivity index (χ4n) is 3.29. The molecule has 0 bridgehead atoms. The van der Waals surface area contributed by atoms with Crippen LogP contribution in [0.4, 0.5) is 4.79 Å². The van der Waals surface area contributed by atoms with Crippen molar-refractivity contribution in [1.29, 1.82) is 0 Å². The molecule has 29 heavy (non-hydrogen) atoms. The van der Waals surface area contributed by atoms with E-state index in [0.29, 0.717) is 23.7 Å². The fourth-order valence-corrected chi connectivity index (χ4v) is 4.15. The number of benzene rings is 2. The second-order valence-electron chi connectivity index (χ2n) is 6.60. The summed E-state index contributed by atoms with van der Waals surface area (Å²) in [6, 6.07) is 7.47. The van der Waals surface area contributed by atoms with Crippen molar-refractivity contribution in [3.8, 4) is 23.0 Å². The van der Waals surface area contributed by atoms with Gasteiger partial charge in [-0.25, -0.2) is 0 Å². The molecule has 3 rings (SSSR count). The van der Waals surface area contributed by atoms with Gasteiger partial charge >= 0.3 is 29.6 Å². The van der Waals surface area contributed by atoms with Crippen LogP contribution in [0.2, 0.25) is 0 Å². The van der Waals surface area contributed by atoms with E-state index in [4.69, 9.17) is 14.2 Å². The number of rotatable bonds is 6. The molecule has 2 amide bonds. The molecule has 1 aliphatic rings. The molecule has 1 N–H and O–H groups in total. The Hall–Kier alpha value is -1.67. The van der Waals surface area contributed by atoms with Crippen LogP contribution in [0.1, 0.15) is 22.3 Å². The van der Waals surface area contributed by atoms with Crippen molar-refractivity contribution in [3.05, 3.63) is 46.5 Å². The van der Waals surface area contributed by atoms with Crippen molar-refractivity contribution in [3.63, 3.8) is 0 Å². The van der Waals surface area contributed by atoms with Gasteiger partial charge in [0.05, 0.1) is 19.5 Å². The molecular weight excluding hydrogens is 401 g/mol. The van der Waals surface area contributed by atoms with Gasteiger partial charge in [-0.05, 0) is 50.5 Å². The van der Waals surface area contributed by atoms with Crippen LogP contribution in [0.15, 0.2) is 24.3 Å². The molecule has 1 fully saturated rings. The summed E-state index contributed by atoms with van der Waals surface area (Å²) in [4.78, 5) is 23.0. The van der Waals surface area contributed by atoms with Crippen molar-refractivity contribution >= 4 is 52.5 Å². The summed E-state index contributed by atoms with van der Waals surface area (Å²) in [6.45, 7) is 5.90. The second-order valence-corrected chi connectivity index (χ2v) is 7.78. The van der Waals surface area contributed by atoms with Crippen LogP contribution in [0.5, 0.6) is 23.0 Å². The number of thioether (sulfide) groups is 1. The van der Waals surface area contributed by atoms with Gasteiger partial charge in [-0.1, -0.05) is 23.9 Å². The third kappa shape index (κ3) is 4.91. The fraction of sp³-hybridized carbons (Fsp3) is 0.333. The zero-order chi connectivity index (χ0) is 20.4. The summed E-state index contributed by atoms with van der Waals surface area (Å²) in [6.07, 6.45) is 0.488. The van der Waals surface area contributed by atoms with E-state index < -0.39 is 0 Å². The van der Waals surface area contributed by atoms with Crippen LogP contribution >= 0.6 is 11.8 Å². The molecule has 1 saturated heterocycles. The van der Waals surface area contributed by atoms with Crippen molar-refractivity contribution in [1.82, 2.24) is 5.32 Å². The van der Waals surface area contributed by atoms with Crippen molar-refractivity contribution in [2.75, 3.05) is 14.2 Å². The van der Waals surface area contributed by atoms with E-state index in [1.54, 1.807) is 14.2 Å². The molecule has 1 heterocycles. The molecule has 0 aromatic heterocycles. The van der Waals surface area contributed by atoms with Gasteiger partial charge in [0.2, 0.25) is 5.91 Å². The Morgan fingerprint density at radius 3 is 2.00 bits per heavy atom. The van der Waals surface area contributed by atoms with Crippen molar-refractivity contribution in [2.24, 2.45) is 0 Å². The number of ether oxygens (including phenoxy) is 3. The minimum atomic E-state index is -0.384. The van der Waals surface area contributed by atoms with Crippen LogP contribution in [-0.4, -0.2) is 60.2 Å². The number of amides is 2. The van der Waals surface area contributed by atoms with E-state index in [1.807, 2.05) is 45.0 Å². The first kappa shape index (κ1) is 23.6. The Labute approximate surface area is 197 Å². The SMILES string of the molecule is COc1c(C)c(C)c(OC)c(Oc2ccc(CC3SC(=O)NC3=O)cc2)c1C.[NaH]. The van der Waals surface area contributed by atoms with E-state index in [1.165, 1.54) is 0 Å². The predicted molar refractivity (Wildman–Crippen MR) is 116 cm³/mol. The van der Waals surface area contributed by atoms with Crippen LogP contribution in [0.25, 0.3) is 0 Å². The molecule has 8 heteroatoms. The van der Waals surface area contributed by atoms with Crippen molar-refractivity contribution < 1.29 is 23.8 Å². The van der Waals surface area contributed by atoms with Crippen molar-refractivity contribution in [2.45, 2.75) is 32.4 Å². The number of hydrogen-bond acceptors (Lipinski definition) is 6. The minimum absolute atomic E-state index is 0. The normalized spacial score (nSPS) is 15.6. The topological polar surface area (TPSA) is 73.9 Å². The van der Waals surface area contributed by atoms with Gasteiger partial charge in [-0.15, -0.1) is 0 Å². The summed E-state index contributed by atoms with van der Waals surface area (Å²) >= 11 is 1.03. The molecule has 0 aliphatic carbocycles. The molecule has 2 aromatic rings. The van der Waals surface area contributed by atoms with E-state index in [2.05, 4.69) is 5.32 Å². The number of imide groups is 1. The molecule has 1 unspecified atom stereocenters. The monoisotopic (exact) mass is 425 g/mol. The molecule has 6 nitrogen and oxygen atoms in total. The van der Waals surface area contributed by atoms with Crippen LogP contribution in [0.3, 0.4) is 0 Å². The number of methoxy groups -OCH3 is 2. The van der Waals surface area contributed by atoms with Gasteiger partial charge in [0.25, 0.3) is 5.24 Å². The first-order chi connectivity index (χ1) is 13.3. The Morgan fingerprint density at radius 1 is 0.897 bits per heavy atom.